The molecule has 1 aliphatic rings. The maximum absolute atomic E-state index is 13.5. The monoisotopic (exact) mass is 399 g/mol. The standard InChI is InChI=1S/C24H25N5O/c1-27-19(9-13-26-27)10-14-28-15-11-20-21-8-5-12-25-23(21)29(24(30)22(20)17-28)16-18-6-3-2-4-7-18/h2-9,12-13H,10-11,14-17H2,1H3. The van der Waals surface area contributed by atoms with Gasteiger partial charge in [-0.3, -0.25) is 18.9 Å². The molecule has 30 heavy (non-hydrogen) atoms. The molecule has 4 aromatic rings. The first-order valence-electron chi connectivity index (χ1n) is 10.4. The third kappa shape index (κ3) is 3.44. The lowest BCUT2D eigenvalue weighted by Crippen LogP contribution is -2.38. The minimum atomic E-state index is 0.0882. The predicted octanol–water partition coefficient (Wildman–Crippen LogP) is 2.78. The summed E-state index contributed by atoms with van der Waals surface area (Å²) in [5.74, 6) is 0. The number of aryl methyl sites for hydroxylation is 1. The fourth-order valence-electron chi connectivity index (χ4n) is 4.44. The average Bonchev–Trinajstić information content (AvgIpc) is 3.20. The molecule has 0 spiro atoms. The lowest BCUT2D eigenvalue weighted by Gasteiger charge is -2.29. The summed E-state index contributed by atoms with van der Waals surface area (Å²) in [5.41, 5.74) is 5.28. The zero-order valence-corrected chi connectivity index (χ0v) is 17.2. The van der Waals surface area contributed by atoms with Crippen LogP contribution in [0.5, 0.6) is 0 Å². The van der Waals surface area contributed by atoms with Crippen LogP contribution in [0.1, 0.15) is 22.4 Å². The van der Waals surface area contributed by atoms with E-state index in [-0.39, 0.29) is 5.56 Å². The van der Waals surface area contributed by atoms with Gasteiger partial charge in [-0.15, -0.1) is 0 Å². The molecular formula is C24H25N5O. The Hall–Kier alpha value is -3.25. The van der Waals surface area contributed by atoms with E-state index >= 15 is 0 Å². The van der Waals surface area contributed by atoms with Gasteiger partial charge in [0.05, 0.1) is 6.54 Å². The molecule has 1 aromatic carbocycles. The zero-order chi connectivity index (χ0) is 20.5. The first-order valence-corrected chi connectivity index (χ1v) is 10.4. The van der Waals surface area contributed by atoms with E-state index in [9.17, 15) is 4.79 Å². The van der Waals surface area contributed by atoms with Crippen molar-refractivity contribution in [1.29, 1.82) is 0 Å². The molecular weight excluding hydrogens is 374 g/mol. The summed E-state index contributed by atoms with van der Waals surface area (Å²) < 4.78 is 3.76. The summed E-state index contributed by atoms with van der Waals surface area (Å²) in [4.78, 5) is 20.5. The topological polar surface area (TPSA) is 56.0 Å². The Bertz CT molecular complexity index is 1240. The first-order chi connectivity index (χ1) is 14.7. The molecule has 0 unspecified atom stereocenters. The van der Waals surface area contributed by atoms with Crippen LogP contribution in [0.4, 0.5) is 0 Å². The van der Waals surface area contributed by atoms with E-state index in [2.05, 4.69) is 39.2 Å². The third-order valence-corrected chi connectivity index (χ3v) is 6.08. The Kier molecular flexibility index (Phi) is 4.93. The number of hydrogen-bond acceptors (Lipinski definition) is 4. The molecule has 0 atom stereocenters. The minimum Gasteiger partial charge on any atom is -0.298 e. The normalized spacial score (nSPS) is 14.2. The smallest absolute Gasteiger partial charge is 0.257 e. The molecule has 0 saturated carbocycles. The second-order valence-electron chi connectivity index (χ2n) is 7.93. The van der Waals surface area contributed by atoms with Gasteiger partial charge in [-0.25, -0.2) is 4.98 Å². The number of fused-ring (bicyclic) bond motifs is 3. The van der Waals surface area contributed by atoms with Gasteiger partial charge in [0.25, 0.3) is 5.56 Å². The van der Waals surface area contributed by atoms with Gasteiger partial charge < -0.3 is 0 Å². The van der Waals surface area contributed by atoms with Crippen LogP contribution in [0.2, 0.25) is 0 Å². The second kappa shape index (κ2) is 7.88. The molecule has 0 bridgehead atoms. The predicted molar refractivity (Wildman–Crippen MR) is 117 cm³/mol. The van der Waals surface area contributed by atoms with Gasteiger partial charge in [0, 0.05) is 62.1 Å². The van der Waals surface area contributed by atoms with E-state index in [0.717, 1.165) is 48.1 Å². The molecule has 0 radical (unpaired) electrons. The summed E-state index contributed by atoms with van der Waals surface area (Å²) in [7, 11) is 1.97. The lowest BCUT2D eigenvalue weighted by atomic mass is 9.97. The van der Waals surface area contributed by atoms with Crippen molar-refractivity contribution in [3.8, 4) is 0 Å². The maximum atomic E-state index is 13.5. The van der Waals surface area contributed by atoms with Crippen molar-refractivity contribution < 1.29 is 0 Å². The Balaban J connectivity index is 1.50. The van der Waals surface area contributed by atoms with Gasteiger partial charge in [-0.05, 0) is 35.7 Å². The largest absolute Gasteiger partial charge is 0.298 e. The highest BCUT2D eigenvalue weighted by Crippen LogP contribution is 2.24. The van der Waals surface area contributed by atoms with Crippen LogP contribution in [0.25, 0.3) is 11.0 Å². The Morgan fingerprint density at radius 1 is 1.00 bits per heavy atom. The summed E-state index contributed by atoms with van der Waals surface area (Å²) in [6.07, 6.45) is 5.42. The van der Waals surface area contributed by atoms with E-state index in [1.54, 1.807) is 6.20 Å². The van der Waals surface area contributed by atoms with Crippen LogP contribution in [-0.4, -0.2) is 37.3 Å². The molecule has 152 valence electrons. The highest BCUT2D eigenvalue weighted by Gasteiger charge is 2.24. The Morgan fingerprint density at radius 3 is 2.67 bits per heavy atom. The SMILES string of the molecule is Cn1nccc1CCN1CCc2c(c(=O)n(Cc3ccccc3)c3ncccc23)C1. The van der Waals surface area contributed by atoms with Crippen LogP contribution in [-0.2, 0) is 33.0 Å². The fraction of sp³-hybridized carbons (Fsp3) is 0.292. The molecule has 0 fully saturated rings. The number of pyridine rings is 2. The molecule has 1 aliphatic heterocycles. The average molecular weight is 399 g/mol. The number of benzene rings is 1. The zero-order valence-electron chi connectivity index (χ0n) is 17.2. The van der Waals surface area contributed by atoms with Gasteiger partial charge >= 0.3 is 0 Å². The van der Waals surface area contributed by atoms with Crippen molar-refractivity contribution in [1.82, 2.24) is 24.2 Å². The first kappa shape index (κ1) is 18.8. The van der Waals surface area contributed by atoms with Crippen molar-refractivity contribution in [3.05, 3.63) is 93.7 Å². The molecule has 4 heterocycles. The van der Waals surface area contributed by atoms with Gasteiger partial charge in [-0.1, -0.05) is 30.3 Å². The van der Waals surface area contributed by atoms with Crippen LogP contribution in [0, 0.1) is 0 Å². The molecule has 0 saturated heterocycles. The molecule has 3 aromatic heterocycles. The van der Waals surface area contributed by atoms with Crippen molar-refractivity contribution in [3.63, 3.8) is 0 Å². The van der Waals surface area contributed by atoms with Crippen molar-refractivity contribution in [2.75, 3.05) is 13.1 Å². The molecule has 0 amide bonds. The second-order valence-corrected chi connectivity index (χ2v) is 7.93. The third-order valence-electron chi connectivity index (χ3n) is 6.08. The van der Waals surface area contributed by atoms with Gasteiger partial charge in [0.15, 0.2) is 0 Å². The Labute approximate surface area is 175 Å². The summed E-state index contributed by atoms with van der Waals surface area (Å²) >= 11 is 0. The van der Waals surface area contributed by atoms with Gasteiger partial charge in [-0.2, -0.15) is 5.10 Å². The van der Waals surface area contributed by atoms with Crippen molar-refractivity contribution in [2.24, 2.45) is 7.05 Å². The van der Waals surface area contributed by atoms with Gasteiger partial charge in [0.2, 0.25) is 0 Å². The molecule has 0 aliphatic carbocycles. The van der Waals surface area contributed by atoms with Crippen LogP contribution in [0.3, 0.4) is 0 Å². The molecule has 6 nitrogen and oxygen atoms in total. The maximum Gasteiger partial charge on any atom is 0.257 e. The van der Waals surface area contributed by atoms with Crippen LogP contribution in [0.15, 0.2) is 65.7 Å². The van der Waals surface area contributed by atoms with E-state index in [1.807, 2.05) is 46.8 Å². The Morgan fingerprint density at radius 2 is 1.87 bits per heavy atom. The number of hydrogen-bond donors (Lipinski definition) is 0. The summed E-state index contributed by atoms with van der Waals surface area (Å²) in [6, 6.07) is 16.3. The fourth-order valence-corrected chi connectivity index (χ4v) is 4.44. The summed E-state index contributed by atoms with van der Waals surface area (Å²) in [6.45, 7) is 3.10. The highest BCUT2D eigenvalue weighted by atomic mass is 16.1. The summed E-state index contributed by atoms with van der Waals surface area (Å²) in [5, 5.41) is 5.36. The minimum absolute atomic E-state index is 0.0882. The van der Waals surface area contributed by atoms with E-state index in [4.69, 9.17) is 0 Å². The van der Waals surface area contributed by atoms with Gasteiger partial charge in [0.1, 0.15) is 5.65 Å². The quantitative estimate of drug-likeness (QED) is 0.518. The number of rotatable bonds is 5. The van der Waals surface area contributed by atoms with Crippen LogP contribution < -0.4 is 5.56 Å². The molecule has 0 N–H and O–H groups in total. The number of nitrogens with zero attached hydrogens (tertiary/aromatic N) is 5. The molecule has 5 rings (SSSR count). The highest BCUT2D eigenvalue weighted by molar-refractivity contribution is 5.80. The van der Waals surface area contributed by atoms with Crippen LogP contribution >= 0.6 is 0 Å². The van der Waals surface area contributed by atoms with Crippen molar-refractivity contribution >= 4 is 11.0 Å². The number of aromatic nitrogens is 4. The lowest BCUT2D eigenvalue weighted by molar-refractivity contribution is 0.254. The van der Waals surface area contributed by atoms with E-state index < -0.39 is 0 Å². The van der Waals surface area contributed by atoms with Crippen molar-refractivity contribution in [2.45, 2.75) is 25.9 Å². The molecule has 6 heteroatoms. The van der Waals surface area contributed by atoms with E-state index in [0.29, 0.717) is 13.1 Å². The van der Waals surface area contributed by atoms with E-state index in [1.165, 1.54) is 11.3 Å².